The van der Waals surface area contributed by atoms with Crippen LogP contribution in [0.25, 0.3) is 0 Å². The fourth-order valence-corrected chi connectivity index (χ4v) is 2.33. The minimum atomic E-state index is -5.98. The van der Waals surface area contributed by atoms with Crippen LogP contribution in [0, 0.1) is 6.92 Å². The van der Waals surface area contributed by atoms with Crippen LogP contribution in [0.5, 0.6) is 11.5 Å². The summed E-state index contributed by atoms with van der Waals surface area (Å²) in [4.78, 5) is 23.3. The van der Waals surface area contributed by atoms with Crippen LogP contribution >= 0.6 is 0 Å². The lowest BCUT2D eigenvalue weighted by molar-refractivity contribution is -0.140. The minimum absolute atomic E-state index is 0.00519. The Hall–Kier alpha value is -2.30. The SMILES string of the molecule is COC(=O)CCC(=O)c1c(C)cc(OC)cc1OS(=O)(=O)C(F)(F)F. The van der Waals surface area contributed by atoms with Crippen molar-refractivity contribution in [3.8, 4) is 11.5 Å². The molecule has 0 amide bonds. The number of methoxy groups -OCH3 is 2. The van der Waals surface area contributed by atoms with E-state index in [1.165, 1.54) is 20.1 Å². The molecule has 0 spiro atoms. The molecule has 0 aliphatic carbocycles. The van der Waals surface area contributed by atoms with Crippen molar-refractivity contribution < 1.29 is 44.8 Å². The van der Waals surface area contributed by atoms with Crippen molar-refractivity contribution in [3.63, 3.8) is 0 Å². The van der Waals surface area contributed by atoms with E-state index in [-0.39, 0.29) is 17.7 Å². The molecule has 0 radical (unpaired) electrons. The second-order valence-corrected chi connectivity index (χ2v) is 6.34. The fourth-order valence-electron chi connectivity index (χ4n) is 1.87. The first-order valence-corrected chi connectivity index (χ1v) is 8.13. The molecule has 0 aromatic heterocycles. The summed E-state index contributed by atoms with van der Waals surface area (Å²) in [5.74, 6) is -2.32. The molecule has 25 heavy (non-hydrogen) atoms. The number of esters is 1. The minimum Gasteiger partial charge on any atom is -0.497 e. The second kappa shape index (κ2) is 7.72. The third-order valence-electron chi connectivity index (χ3n) is 3.05. The summed E-state index contributed by atoms with van der Waals surface area (Å²) < 4.78 is 73.4. The van der Waals surface area contributed by atoms with Gasteiger partial charge in [0.05, 0.1) is 26.2 Å². The van der Waals surface area contributed by atoms with Gasteiger partial charge in [-0.25, -0.2) is 0 Å². The molecule has 0 aliphatic heterocycles. The van der Waals surface area contributed by atoms with Crippen molar-refractivity contribution in [1.29, 1.82) is 0 Å². The van der Waals surface area contributed by atoms with Crippen molar-refractivity contribution in [2.75, 3.05) is 14.2 Å². The molecule has 0 saturated carbocycles. The summed E-state index contributed by atoms with van der Waals surface area (Å²) in [6, 6.07) is 2.17. The number of alkyl halides is 3. The van der Waals surface area contributed by atoms with Gasteiger partial charge in [-0.1, -0.05) is 0 Å². The normalized spacial score (nSPS) is 11.8. The number of hydrogen-bond acceptors (Lipinski definition) is 7. The predicted molar refractivity (Wildman–Crippen MR) is 78.9 cm³/mol. The first-order valence-electron chi connectivity index (χ1n) is 6.72. The predicted octanol–water partition coefficient (Wildman–Crippen LogP) is 2.37. The van der Waals surface area contributed by atoms with Crippen molar-refractivity contribution in [2.24, 2.45) is 0 Å². The van der Waals surface area contributed by atoms with Gasteiger partial charge in [0.2, 0.25) is 0 Å². The van der Waals surface area contributed by atoms with Gasteiger partial charge in [-0.15, -0.1) is 0 Å². The van der Waals surface area contributed by atoms with Gasteiger partial charge in [-0.05, 0) is 18.6 Å². The lowest BCUT2D eigenvalue weighted by Crippen LogP contribution is -2.28. The maximum Gasteiger partial charge on any atom is 0.534 e. The molecule has 1 aromatic carbocycles. The Bertz CT molecular complexity index is 769. The second-order valence-electron chi connectivity index (χ2n) is 4.80. The van der Waals surface area contributed by atoms with E-state index < -0.39 is 45.1 Å². The number of aryl methyl sites for hydroxylation is 1. The molecule has 0 heterocycles. The average molecular weight is 384 g/mol. The third kappa shape index (κ3) is 5.08. The largest absolute Gasteiger partial charge is 0.534 e. The molecule has 0 atom stereocenters. The molecule has 1 aromatic rings. The summed E-state index contributed by atoms with van der Waals surface area (Å²) in [6.45, 7) is 1.36. The van der Waals surface area contributed by atoms with Crippen LogP contribution in [0.15, 0.2) is 12.1 Å². The zero-order valence-electron chi connectivity index (χ0n) is 13.5. The molecule has 140 valence electrons. The van der Waals surface area contributed by atoms with E-state index in [2.05, 4.69) is 8.92 Å². The standard InChI is InChI=1S/C14H15F3O7S/c1-8-6-9(22-2)7-11(24-25(20,21)14(15,16)17)13(8)10(18)4-5-12(19)23-3/h6-7H,4-5H2,1-3H3. The number of hydrogen-bond donors (Lipinski definition) is 0. The highest BCUT2D eigenvalue weighted by Crippen LogP contribution is 2.34. The summed E-state index contributed by atoms with van der Waals surface area (Å²) in [7, 11) is -3.67. The molecule has 0 unspecified atom stereocenters. The Morgan fingerprint density at radius 3 is 2.20 bits per heavy atom. The Balaban J connectivity index is 3.33. The molecule has 0 N–H and O–H groups in total. The maximum atomic E-state index is 12.5. The van der Waals surface area contributed by atoms with Gasteiger partial charge in [0.1, 0.15) is 5.75 Å². The van der Waals surface area contributed by atoms with Crippen LogP contribution in [0.3, 0.4) is 0 Å². The molecule has 0 saturated heterocycles. The Morgan fingerprint density at radius 1 is 1.12 bits per heavy atom. The smallest absolute Gasteiger partial charge is 0.497 e. The molecular formula is C14H15F3O7S. The van der Waals surface area contributed by atoms with Crippen LogP contribution in [-0.4, -0.2) is 39.9 Å². The van der Waals surface area contributed by atoms with Gasteiger partial charge in [0.25, 0.3) is 0 Å². The van der Waals surface area contributed by atoms with Gasteiger partial charge < -0.3 is 13.7 Å². The van der Waals surface area contributed by atoms with Crippen molar-refractivity contribution in [2.45, 2.75) is 25.3 Å². The van der Waals surface area contributed by atoms with Crippen LogP contribution in [0.4, 0.5) is 13.2 Å². The highest BCUT2D eigenvalue weighted by atomic mass is 32.2. The van der Waals surface area contributed by atoms with Crippen LogP contribution in [0.1, 0.15) is 28.8 Å². The van der Waals surface area contributed by atoms with E-state index in [0.717, 1.165) is 13.2 Å². The monoisotopic (exact) mass is 384 g/mol. The van der Waals surface area contributed by atoms with E-state index in [1.807, 2.05) is 0 Å². The number of carbonyl (C=O) groups excluding carboxylic acids is 2. The highest BCUT2D eigenvalue weighted by molar-refractivity contribution is 7.88. The molecule has 0 aliphatic rings. The van der Waals surface area contributed by atoms with Gasteiger partial charge in [-0.3, -0.25) is 9.59 Å². The highest BCUT2D eigenvalue weighted by Gasteiger charge is 2.49. The molecule has 1 rings (SSSR count). The van der Waals surface area contributed by atoms with Crippen molar-refractivity contribution in [1.82, 2.24) is 0 Å². The summed E-state index contributed by atoms with van der Waals surface area (Å²) in [5.41, 5.74) is -5.94. The first-order chi connectivity index (χ1) is 11.4. The molecule has 7 nitrogen and oxygen atoms in total. The number of ketones is 1. The van der Waals surface area contributed by atoms with Gasteiger partial charge in [0.15, 0.2) is 11.5 Å². The lowest BCUT2D eigenvalue weighted by atomic mass is 10.00. The summed E-state index contributed by atoms with van der Waals surface area (Å²) in [5, 5.41) is 0. The number of carbonyl (C=O) groups is 2. The van der Waals surface area contributed by atoms with E-state index in [1.54, 1.807) is 0 Å². The van der Waals surface area contributed by atoms with Gasteiger partial charge >= 0.3 is 21.6 Å². The molecular weight excluding hydrogens is 369 g/mol. The van der Waals surface area contributed by atoms with Crippen LogP contribution in [-0.2, 0) is 19.6 Å². The van der Waals surface area contributed by atoms with Gasteiger partial charge in [-0.2, -0.15) is 21.6 Å². The lowest BCUT2D eigenvalue weighted by Gasteiger charge is -2.15. The van der Waals surface area contributed by atoms with Gasteiger partial charge in [0, 0.05) is 12.5 Å². The third-order valence-corrected chi connectivity index (χ3v) is 4.02. The van der Waals surface area contributed by atoms with Crippen molar-refractivity contribution in [3.05, 3.63) is 23.3 Å². The van der Waals surface area contributed by atoms with Crippen LogP contribution in [0.2, 0.25) is 0 Å². The maximum absolute atomic E-state index is 12.5. The number of halogens is 3. The summed E-state index contributed by atoms with van der Waals surface area (Å²) in [6.07, 6.45) is -0.728. The Kier molecular flexibility index (Phi) is 6.41. The topological polar surface area (TPSA) is 96.0 Å². The number of ether oxygens (including phenoxy) is 2. The Morgan fingerprint density at radius 2 is 1.72 bits per heavy atom. The van der Waals surface area contributed by atoms with E-state index in [4.69, 9.17) is 4.74 Å². The fraction of sp³-hybridized carbons (Fsp3) is 0.429. The molecule has 0 fully saturated rings. The quantitative estimate of drug-likeness (QED) is 0.308. The van der Waals surface area contributed by atoms with Crippen LogP contribution < -0.4 is 8.92 Å². The van der Waals surface area contributed by atoms with E-state index in [0.29, 0.717) is 0 Å². The zero-order chi connectivity index (χ0) is 19.4. The van der Waals surface area contributed by atoms with Crippen molar-refractivity contribution >= 4 is 21.9 Å². The molecule has 11 heteroatoms. The van der Waals surface area contributed by atoms with E-state index >= 15 is 0 Å². The zero-order valence-corrected chi connectivity index (χ0v) is 14.3. The number of rotatable bonds is 7. The number of Topliss-reactive ketones (excluding diaryl/α,β-unsaturated/α-hetero) is 1. The van der Waals surface area contributed by atoms with E-state index in [9.17, 15) is 31.2 Å². The number of benzene rings is 1. The first kappa shape index (κ1) is 20.7. The summed E-state index contributed by atoms with van der Waals surface area (Å²) >= 11 is 0. The Labute approximate surface area is 141 Å². The molecule has 0 bridgehead atoms. The average Bonchev–Trinajstić information content (AvgIpc) is 2.50.